The normalized spacial score (nSPS) is 12.3. The van der Waals surface area contributed by atoms with Gasteiger partial charge in [0.25, 0.3) is 5.91 Å². The number of ketones is 1. The molecule has 0 aliphatic rings. The number of anilines is 1. The number of aryl methyl sites for hydroxylation is 2. The lowest BCUT2D eigenvalue weighted by molar-refractivity contribution is -0.113. The highest BCUT2D eigenvalue weighted by Gasteiger charge is 2.15. The summed E-state index contributed by atoms with van der Waals surface area (Å²) in [7, 11) is 0.880. The third-order valence-electron chi connectivity index (χ3n) is 5.11. The summed E-state index contributed by atoms with van der Waals surface area (Å²) in [6.45, 7) is 11.2. The Kier molecular flexibility index (Phi) is 8.43. The second-order valence-corrected chi connectivity index (χ2v) is 9.70. The molecule has 3 aromatic rings. The molecule has 1 amide bonds. The quantitative estimate of drug-likeness (QED) is 0.197. The Hall–Kier alpha value is -3.21. The Morgan fingerprint density at radius 2 is 1.88 bits per heavy atom. The number of benzene rings is 1. The monoisotopic (exact) mass is 533 g/mol. The number of hydrogen-bond acceptors (Lipinski definition) is 4. The Morgan fingerprint density at radius 3 is 2.47 bits per heavy atom. The summed E-state index contributed by atoms with van der Waals surface area (Å²) in [5, 5.41) is 3.84. The molecule has 0 aliphatic carbocycles. The highest BCUT2D eigenvalue weighted by Crippen LogP contribution is 2.30. The lowest BCUT2D eigenvalue weighted by Crippen LogP contribution is -2.13. The summed E-state index contributed by atoms with van der Waals surface area (Å²) in [4.78, 5) is 33.8. The maximum atomic E-state index is 12.4. The molecule has 34 heavy (non-hydrogen) atoms. The van der Waals surface area contributed by atoms with E-state index in [1.807, 2.05) is 63.0 Å². The van der Waals surface area contributed by atoms with E-state index >= 15 is 0 Å². The molecular weight excluding hydrogens is 509 g/mol. The molecule has 0 aliphatic heterocycles. The van der Waals surface area contributed by atoms with Crippen LogP contribution in [0.15, 0.2) is 82.2 Å². The number of nitrogens with one attached hydrogen (secondary N) is 1. The first-order valence-electron chi connectivity index (χ1n) is 10.6. The van der Waals surface area contributed by atoms with Gasteiger partial charge in [0, 0.05) is 38.5 Å². The second kappa shape index (κ2) is 11.3. The summed E-state index contributed by atoms with van der Waals surface area (Å²) < 4.78 is 0.903. The van der Waals surface area contributed by atoms with Crippen LogP contribution in [0.1, 0.15) is 46.3 Å². The molecule has 0 radical (unpaired) electrons. The van der Waals surface area contributed by atoms with Crippen molar-refractivity contribution < 1.29 is 9.59 Å². The van der Waals surface area contributed by atoms with Crippen molar-refractivity contribution in [3.63, 3.8) is 0 Å². The van der Waals surface area contributed by atoms with E-state index < -0.39 is 0 Å². The number of Topliss-reactive ketones (excluding diaryl/α,β-unsaturated/α-hetero) is 1. The van der Waals surface area contributed by atoms with Crippen molar-refractivity contribution >= 4 is 52.9 Å². The fraction of sp³-hybridized carbons (Fsp3) is 0.148. The van der Waals surface area contributed by atoms with Crippen LogP contribution in [-0.2, 0) is 4.79 Å². The van der Waals surface area contributed by atoms with E-state index in [0.717, 1.165) is 40.4 Å². The highest BCUT2D eigenvalue weighted by atomic mass is 79.9. The van der Waals surface area contributed by atoms with Crippen molar-refractivity contribution in [3.8, 4) is 0 Å². The first kappa shape index (κ1) is 25.4. The van der Waals surface area contributed by atoms with Crippen LogP contribution in [0.4, 0.5) is 5.69 Å². The van der Waals surface area contributed by atoms with Crippen molar-refractivity contribution in [1.29, 1.82) is 0 Å². The molecule has 2 aromatic heterocycles. The maximum Gasteiger partial charge on any atom is 0.274 e. The van der Waals surface area contributed by atoms with Crippen molar-refractivity contribution in [2.45, 2.75) is 27.7 Å². The van der Waals surface area contributed by atoms with Crippen LogP contribution in [0.5, 0.6) is 0 Å². The summed E-state index contributed by atoms with van der Waals surface area (Å²) in [6, 6.07) is 13.2. The molecule has 0 atom stereocenters. The number of nitrogens with zero attached hydrogens (tertiary/aromatic N) is 2. The van der Waals surface area contributed by atoms with E-state index in [9.17, 15) is 9.59 Å². The van der Waals surface area contributed by atoms with E-state index in [-0.39, 0.29) is 11.7 Å². The third kappa shape index (κ3) is 6.22. The Balaban J connectivity index is 1.93. The van der Waals surface area contributed by atoms with Gasteiger partial charge in [-0.2, -0.15) is 0 Å². The zero-order valence-electron chi connectivity index (χ0n) is 19.5. The molecule has 0 saturated carbocycles. The minimum atomic E-state index is -0.257. The Morgan fingerprint density at radius 1 is 1.12 bits per heavy atom. The van der Waals surface area contributed by atoms with Gasteiger partial charge in [0.15, 0.2) is 5.78 Å². The average Bonchev–Trinajstić information content (AvgIpc) is 2.81. The van der Waals surface area contributed by atoms with Gasteiger partial charge < -0.3 is 5.32 Å². The fourth-order valence-electron chi connectivity index (χ4n) is 3.23. The number of allylic oxidation sites excluding steroid dienone is 2. The van der Waals surface area contributed by atoms with Gasteiger partial charge in [0.2, 0.25) is 0 Å². The fourth-order valence-corrected chi connectivity index (χ4v) is 4.41. The molecule has 0 fully saturated rings. The molecule has 172 valence electrons. The first-order chi connectivity index (χ1) is 16.2. The van der Waals surface area contributed by atoms with Gasteiger partial charge in [-0.05, 0) is 75.0 Å². The zero-order valence-corrected chi connectivity index (χ0v) is 22.0. The standard InChI is InChI=1S/C27H25BrN3O2P/c1-6-22(19(5)32)26(23-13-20(28)9-8-17(23)3)30-18(4)25-12-10-21(15-34-25)31-27(33)24-11-7-16(2)14-29-24/h6-15H,1H2,2-5H3,(H,31,33)/b26-22-,30-18?. The molecule has 0 unspecified atom stereocenters. The summed E-state index contributed by atoms with van der Waals surface area (Å²) in [5.74, 6) is 1.55. The van der Waals surface area contributed by atoms with Crippen LogP contribution in [-0.4, -0.2) is 22.4 Å². The van der Waals surface area contributed by atoms with Crippen LogP contribution < -0.4 is 5.32 Å². The van der Waals surface area contributed by atoms with Crippen LogP contribution in [0, 0.1) is 13.8 Å². The molecule has 3 rings (SSSR count). The van der Waals surface area contributed by atoms with Gasteiger partial charge >= 0.3 is 0 Å². The number of carbonyl (C=O) groups is 2. The van der Waals surface area contributed by atoms with Gasteiger partial charge in [-0.15, -0.1) is 0 Å². The van der Waals surface area contributed by atoms with Gasteiger partial charge in [-0.1, -0.05) is 48.9 Å². The molecule has 7 heteroatoms. The van der Waals surface area contributed by atoms with Crippen LogP contribution in [0.2, 0.25) is 0 Å². The van der Waals surface area contributed by atoms with Gasteiger partial charge in [-0.3, -0.25) is 19.6 Å². The van der Waals surface area contributed by atoms with Crippen molar-refractivity contribution in [1.82, 2.24) is 4.98 Å². The van der Waals surface area contributed by atoms with E-state index in [2.05, 4.69) is 32.8 Å². The summed E-state index contributed by atoms with van der Waals surface area (Å²) >= 11 is 3.52. The molecule has 2 heterocycles. The second-order valence-electron chi connectivity index (χ2n) is 7.79. The van der Waals surface area contributed by atoms with Crippen molar-refractivity contribution in [2.24, 2.45) is 4.99 Å². The number of carbonyl (C=O) groups excluding carboxylic acids is 2. The van der Waals surface area contributed by atoms with Crippen molar-refractivity contribution in [2.75, 3.05) is 5.32 Å². The predicted molar refractivity (Wildman–Crippen MR) is 145 cm³/mol. The van der Waals surface area contributed by atoms with E-state index in [1.165, 1.54) is 6.92 Å². The minimum Gasteiger partial charge on any atom is -0.320 e. The summed E-state index contributed by atoms with van der Waals surface area (Å²) in [6.07, 6.45) is 3.22. The van der Waals surface area contributed by atoms with E-state index in [0.29, 0.717) is 22.7 Å². The lowest BCUT2D eigenvalue weighted by atomic mass is 9.99. The van der Waals surface area contributed by atoms with Gasteiger partial charge in [-0.25, -0.2) is 0 Å². The first-order valence-corrected chi connectivity index (χ1v) is 12.3. The minimum absolute atomic E-state index is 0.0997. The largest absolute Gasteiger partial charge is 0.320 e. The molecule has 5 nitrogen and oxygen atoms in total. The zero-order chi connectivity index (χ0) is 24.8. The predicted octanol–water partition coefficient (Wildman–Crippen LogP) is 7.29. The van der Waals surface area contributed by atoms with E-state index in [1.54, 1.807) is 18.3 Å². The number of rotatable bonds is 7. The molecule has 0 bridgehead atoms. The van der Waals surface area contributed by atoms with Crippen LogP contribution >= 0.6 is 24.1 Å². The number of amides is 1. The Labute approximate surface area is 210 Å². The maximum absolute atomic E-state index is 12.4. The number of hydrogen-bond donors (Lipinski definition) is 1. The summed E-state index contributed by atoms with van der Waals surface area (Å²) in [5.41, 5.74) is 5.75. The molecule has 1 aromatic carbocycles. The third-order valence-corrected chi connectivity index (χ3v) is 6.76. The lowest BCUT2D eigenvalue weighted by Gasteiger charge is -2.12. The van der Waals surface area contributed by atoms with Crippen LogP contribution in [0.3, 0.4) is 0 Å². The number of pyridine rings is 1. The Bertz CT molecular complexity index is 1310. The number of aliphatic imine (C=N–C) groups is 1. The number of halogens is 1. The molecule has 0 spiro atoms. The highest BCUT2D eigenvalue weighted by molar-refractivity contribution is 9.10. The van der Waals surface area contributed by atoms with Gasteiger partial charge in [0.05, 0.1) is 5.70 Å². The van der Waals surface area contributed by atoms with Crippen molar-refractivity contribution in [3.05, 3.63) is 105 Å². The SMILES string of the molecule is C=C/C(C(C)=O)=C(/N=C(C)c1ccc(NC(=O)c2ccc(C)cn2)cp1)c1cc(Br)ccc1C. The molecular formula is C27H25BrN3O2P. The number of aromatic nitrogens is 1. The molecule has 0 saturated heterocycles. The van der Waals surface area contributed by atoms with E-state index in [4.69, 9.17) is 4.99 Å². The smallest absolute Gasteiger partial charge is 0.274 e. The average molecular weight is 534 g/mol. The van der Waals surface area contributed by atoms with Gasteiger partial charge in [0.1, 0.15) is 5.69 Å². The molecule has 1 N–H and O–H groups in total. The van der Waals surface area contributed by atoms with Crippen LogP contribution in [0.25, 0.3) is 5.70 Å². The topological polar surface area (TPSA) is 71.4 Å².